The van der Waals surface area contributed by atoms with E-state index in [1.807, 2.05) is 56.4 Å². The van der Waals surface area contributed by atoms with Crippen LogP contribution in [0, 0.1) is 6.92 Å². The summed E-state index contributed by atoms with van der Waals surface area (Å²) in [5.41, 5.74) is 4.08. The van der Waals surface area contributed by atoms with Gasteiger partial charge in [0, 0.05) is 24.7 Å². The fourth-order valence-corrected chi connectivity index (χ4v) is 2.97. The number of amides is 1. The fourth-order valence-electron chi connectivity index (χ4n) is 2.97. The maximum atomic E-state index is 12.6. The molecule has 0 unspecified atom stereocenters. The molecule has 0 bridgehead atoms. The van der Waals surface area contributed by atoms with E-state index in [-0.39, 0.29) is 5.91 Å². The van der Waals surface area contributed by atoms with Crippen molar-refractivity contribution in [2.75, 3.05) is 14.2 Å². The van der Waals surface area contributed by atoms with Gasteiger partial charge in [-0.3, -0.25) is 9.48 Å². The molecule has 2 aromatic carbocycles. The van der Waals surface area contributed by atoms with Crippen LogP contribution in [0.25, 0.3) is 11.3 Å². The molecule has 6 heteroatoms. The SMILES string of the molecule is COc1ccccc1CNC(=O)c1cc(-c2cc(C)ccc2OC)n(C)n1. The third-order valence-corrected chi connectivity index (χ3v) is 4.38. The van der Waals surface area contributed by atoms with E-state index < -0.39 is 0 Å². The summed E-state index contributed by atoms with van der Waals surface area (Å²) in [6.07, 6.45) is 0. The number of carbonyl (C=O) groups excluding carboxylic acids is 1. The van der Waals surface area contributed by atoms with Gasteiger partial charge in [-0.15, -0.1) is 0 Å². The molecule has 0 saturated heterocycles. The van der Waals surface area contributed by atoms with E-state index in [4.69, 9.17) is 9.47 Å². The first kappa shape index (κ1) is 18.5. The highest BCUT2D eigenvalue weighted by Crippen LogP contribution is 2.31. The Balaban J connectivity index is 1.82. The summed E-state index contributed by atoms with van der Waals surface area (Å²) in [5.74, 6) is 1.24. The van der Waals surface area contributed by atoms with Crippen molar-refractivity contribution in [3.63, 3.8) is 0 Å². The number of hydrogen-bond donors (Lipinski definition) is 1. The normalized spacial score (nSPS) is 10.5. The molecule has 3 aromatic rings. The van der Waals surface area contributed by atoms with E-state index >= 15 is 0 Å². The second-order valence-corrected chi connectivity index (χ2v) is 6.24. The van der Waals surface area contributed by atoms with Gasteiger partial charge in [-0.05, 0) is 31.2 Å². The van der Waals surface area contributed by atoms with Crippen LogP contribution in [0.1, 0.15) is 21.6 Å². The average molecular weight is 365 g/mol. The first-order valence-corrected chi connectivity index (χ1v) is 8.62. The van der Waals surface area contributed by atoms with Crippen molar-refractivity contribution >= 4 is 5.91 Å². The number of para-hydroxylation sites is 1. The number of aryl methyl sites for hydroxylation is 2. The number of carbonyl (C=O) groups is 1. The topological polar surface area (TPSA) is 65.4 Å². The van der Waals surface area contributed by atoms with Crippen LogP contribution in [0.3, 0.4) is 0 Å². The number of rotatable bonds is 6. The second kappa shape index (κ2) is 7.95. The average Bonchev–Trinajstić information content (AvgIpc) is 3.07. The van der Waals surface area contributed by atoms with Gasteiger partial charge in [-0.2, -0.15) is 5.10 Å². The Morgan fingerprint density at radius 1 is 1.07 bits per heavy atom. The molecule has 1 heterocycles. The molecule has 140 valence electrons. The standard InChI is InChI=1S/C21H23N3O3/c1-14-9-10-20(27-4)16(11-14)18-12-17(23-24(18)2)21(25)22-13-15-7-5-6-8-19(15)26-3/h5-12H,13H2,1-4H3,(H,22,25). The predicted octanol–water partition coefficient (Wildman–Crippen LogP) is 3.34. The van der Waals surface area contributed by atoms with Crippen LogP contribution >= 0.6 is 0 Å². The molecule has 0 spiro atoms. The molecular weight excluding hydrogens is 342 g/mol. The quantitative estimate of drug-likeness (QED) is 0.728. The third-order valence-electron chi connectivity index (χ3n) is 4.38. The predicted molar refractivity (Wildman–Crippen MR) is 104 cm³/mol. The van der Waals surface area contributed by atoms with Gasteiger partial charge in [0.05, 0.1) is 19.9 Å². The molecule has 0 saturated carbocycles. The van der Waals surface area contributed by atoms with Crippen molar-refractivity contribution in [1.29, 1.82) is 0 Å². The fraction of sp³-hybridized carbons (Fsp3) is 0.238. The molecule has 0 aliphatic rings. The van der Waals surface area contributed by atoms with E-state index in [0.717, 1.165) is 33.9 Å². The van der Waals surface area contributed by atoms with Crippen molar-refractivity contribution in [3.8, 4) is 22.8 Å². The molecule has 0 aliphatic heterocycles. The minimum atomic E-state index is -0.241. The zero-order valence-electron chi connectivity index (χ0n) is 15.9. The summed E-state index contributed by atoms with van der Waals surface area (Å²) < 4.78 is 12.5. The van der Waals surface area contributed by atoms with Crippen molar-refractivity contribution in [1.82, 2.24) is 15.1 Å². The highest BCUT2D eigenvalue weighted by Gasteiger charge is 2.17. The minimum Gasteiger partial charge on any atom is -0.496 e. The Labute approximate surface area is 158 Å². The van der Waals surface area contributed by atoms with Crippen molar-refractivity contribution in [2.24, 2.45) is 7.05 Å². The van der Waals surface area contributed by atoms with Gasteiger partial charge in [0.15, 0.2) is 5.69 Å². The number of methoxy groups -OCH3 is 2. The maximum absolute atomic E-state index is 12.6. The Morgan fingerprint density at radius 2 is 1.81 bits per heavy atom. The van der Waals surface area contributed by atoms with Gasteiger partial charge in [0.2, 0.25) is 0 Å². The zero-order valence-corrected chi connectivity index (χ0v) is 15.9. The third kappa shape index (κ3) is 3.95. The van der Waals surface area contributed by atoms with Crippen LogP contribution in [0.5, 0.6) is 11.5 Å². The van der Waals surface area contributed by atoms with Crippen molar-refractivity contribution in [3.05, 3.63) is 65.4 Å². The van der Waals surface area contributed by atoms with E-state index in [9.17, 15) is 4.79 Å². The molecule has 0 atom stereocenters. The lowest BCUT2D eigenvalue weighted by Crippen LogP contribution is -2.23. The summed E-state index contributed by atoms with van der Waals surface area (Å²) >= 11 is 0. The molecule has 3 rings (SSSR count). The van der Waals surface area contributed by atoms with Crippen LogP contribution < -0.4 is 14.8 Å². The van der Waals surface area contributed by atoms with Crippen LogP contribution in [-0.2, 0) is 13.6 Å². The molecule has 27 heavy (non-hydrogen) atoms. The number of hydrogen-bond acceptors (Lipinski definition) is 4. The lowest BCUT2D eigenvalue weighted by molar-refractivity contribution is 0.0945. The van der Waals surface area contributed by atoms with Gasteiger partial charge in [-0.1, -0.05) is 29.8 Å². The Morgan fingerprint density at radius 3 is 2.56 bits per heavy atom. The van der Waals surface area contributed by atoms with Gasteiger partial charge in [0.1, 0.15) is 11.5 Å². The van der Waals surface area contributed by atoms with E-state index in [1.54, 1.807) is 25.0 Å². The van der Waals surface area contributed by atoms with Gasteiger partial charge >= 0.3 is 0 Å². The number of nitrogens with one attached hydrogen (secondary N) is 1. The van der Waals surface area contributed by atoms with Gasteiger partial charge < -0.3 is 14.8 Å². The van der Waals surface area contributed by atoms with E-state index in [2.05, 4.69) is 10.4 Å². The van der Waals surface area contributed by atoms with E-state index in [1.165, 1.54) is 0 Å². The monoisotopic (exact) mass is 365 g/mol. The molecule has 6 nitrogen and oxygen atoms in total. The Hall–Kier alpha value is -3.28. The summed E-state index contributed by atoms with van der Waals surface area (Å²) in [4.78, 5) is 12.6. The van der Waals surface area contributed by atoms with E-state index in [0.29, 0.717) is 12.2 Å². The largest absolute Gasteiger partial charge is 0.496 e. The Kier molecular flexibility index (Phi) is 5.45. The number of benzene rings is 2. The van der Waals surface area contributed by atoms with Crippen molar-refractivity contribution < 1.29 is 14.3 Å². The first-order chi connectivity index (χ1) is 13.0. The molecule has 0 radical (unpaired) electrons. The number of nitrogens with zero attached hydrogens (tertiary/aromatic N) is 2. The Bertz CT molecular complexity index is 963. The van der Waals surface area contributed by atoms with Gasteiger partial charge in [0.25, 0.3) is 5.91 Å². The van der Waals surface area contributed by atoms with Crippen molar-refractivity contribution in [2.45, 2.75) is 13.5 Å². The summed E-state index contributed by atoms with van der Waals surface area (Å²) in [5, 5.41) is 7.26. The number of aromatic nitrogens is 2. The van der Waals surface area contributed by atoms with Crippen LogP contribution in [0.2, 0.25) is 0 Å². The highest BCUT2D eigenvalue weighted by atomic mass is 16.5. The summed E-state index contributed by atoms with van der Waals surface area (Å²) in [6.45, 7) is 2.38. The van der Waals surface area contributed by atoms with Crippen LogP contribution in [0.15, 0.2) is 48.5 Å². The molecule has 1 aromatic heterocycles. The summed E-state index contributed by atoms with van der Waals surface area (Å²) in [7, 11) is 5.06. The van der Waals surface area contributed by atoms with Crippen LogP contribution in [0.4, 0.5) is 0 Å². The second-order valence-electron chi connectivity index (χ2n) is 6.24. The first-order valence-electron chi connectivity index (χ1n) is 8.62. The lowest BCUT2D eigenvalue weighted by Gasteiger charge is -2.09. The summed E-state index contributed by atoms with van der Waals surface area (Å²) in [6, 6.07) is 15.3. The molecule has 0 fully saturated rings. The zero-order chi connectivity index (χ0) is 19.4. The maximum Gasteiger partial charge on any atom is 0.272 e. The van der Waals surface area contributed by atoms with Gasteiger partial charge in [-0.25, -0.2) is 0 Å². The molecule has 1 N–H and O–H groups in total. The molecule has 0 aliphatic carbocycles. The molecule has 1 amide bonds. The highest BCUT2D eigenvalue weighted by molar-refractivity contribution is 5.93. The smallest absolute Gasteiger partial charge is 0.272 e. The lowest BCUT2D eigenvalue weighted by atomic mass is 10.1. The minimum absolute atomic E-state index is 0.241. The number of ether oxygens (including phenoxy) is 2. The molecular formula is C21H23N3O3. The van der Waals surface area contributed by atoms with Crippen LogP contribution in [-0.4, -0.2) is 29.9 Å².